The van der Waals surface area contributed by atoms with Gasteiger partial charge in [-0.1, -0.05) is 0 Å². The fourth-order valence-corrected chi connectivity index (χ4v) is 0. The molecule has 6 nitrogen and oxygen atoms in total. The van der Waals surface area contributed by atoms with Crippen molar-refractivity contribution in [2.45, 2.75) is 0 Å². The van der Waals surface area contributed by atoms with Gasteiger partial charge in [0.25, 0.3) is 0 Å². The van der Waals surface area contributed by atoms with Crippen molar-refractivity contribution in [2.75, 3.05) is 0 Å². The van der Waals surface area contributed by atoms with E-state index in [1.807, 2.05) is 0 Å². The first-order valence-electron chi connectivity index (χ1n) is 1.48. The molecule has 3 N–H and O–H groups in total. The molecule has 0 saturated heterocycles. The van der Waals surface area contributed by atoms with Gasteiger partial charge >= 0.3 is 108 Å². The third kappa shape index (κ3) is 264. The molecule has 0 aromatic heterocycles. The second kappa shape index (κ2) is 45.8. The summed E-state index contributed by atoms with van der Waals surface area (Å²) in [5, 5.41) is 0. The van der Waals surface area contributed by atoms with Gasteiger partial charge in [-0.25, -0.2) is 0 Å². The molecule has 0 rings (SSSR count). The zero-order valence-corrected chi connectivity index (χ0v) is 7.76. The first-order chi connectivity index (χ1) is 4.24. The predicted molar refractivity (Wildman–Crippen MR) is 34.5 cm³/mol. The van der Waals surface area contributed by atoms with Gasteiger partial charge in [-0.2, -0.15) is 0 Å². The molecule has 0 aromatic rings. The molecule has 0 unspecified atom stereocenters. The van der Waals surface area contributed by atoms with E-state index in [1.54, 1.807) is 0 Å². The summed E-state index contributed by atoms with van der Waals surface area (Å²) in [5.74, 6) is 0. The number of hydrogen-bond donors (Lipinski definition) is 3. The quantitative estimate of drug-likeness (QED) is 0.359. The van der Waals surface area contributed by atoms with Gasteiger partial charge in [0, 0.05) is 0 Å². The van der Waals surface area contributed by atoms with Crippen molar-refractivity contribution in [3.8, 4) is 0 Å². The molecule has 0 aromatic carbocycles. The van der Waals surface area contributed by atoms with E-state index in [0.29, 0.717) is 0 Å². The molecule has 0 bridgehead atoms. The molecule has 0 aliphatic rings. The van der Waals surface area contributed by atoms with Gasteiger partial charge < -0.3 is 0 Å². The first kappa shape index (κ1) is 22.6. The standard InChI is InChI=1S/3Al.Ca.3H2O.3O.2H/h;;;;3*1H2;;;;;/q3*+1;;;;;;;;;/p-3. The van der Waals surface area contributed by atoms with Crippen molar-refractivity contribution in [3.05, 3.63) is 0 Å². The van der Waals surface area contributed by atoms with E-state index in [4.69, 9.17) is 23.9 Å². The Morgan fingerprint density at radius 1 is 0.700 bits per heavy atom. The Morgan fingerprint density at radius 2 is 0.700 bits per heavy atom. The summed E-state index contributed by atoms with van der Waals surface area (Å²) in [4.78, 5) is 0. The Morgan fingerprint density at radius 3 is 0.700 bits per heavy atom. The van der Waals surface area contributed by atoms with Crippen molar-refractivity contribution in [3.63, 3.8) is 0 Å². The maximum atomic E-state index is 8.57. The summed E-state index contributed by atoms with van der Waals surface area (Å²) in [6.45, 7) is 0. The molecule has 10 heteroatoms. The molecular weight excluding hydrogens is 217 g/mol. The van der Waals surface area contributed by atoms with Crippen LogP contribution in [0.4, 0.5) is 0 Å². The van der Waals surface area contributed by atoms with E-state index >= 15 is 0 Å². The van der Waals surface area contributed by atoms with Crippen LogP contribution in [-0.2, 0) is 11.4 Å². The summed E-state index contributed by atoms with van der Waals surface area (Å²) in [6.07, 6.45) is 0. The van der Waals surface area contributed by atoms with E-state index in [9.17, 15) is 0 Å². The molecule has 0 atom stereocenters. The second-order valence-electron chi connectivity index (χ2n) is 0.316. The molecule has 0 aliphatic carbocycles. The van der Waals surface area contributed by atoms with Crippen LogP contribution in [0, 0.1) is 0 Å². The topological polar surface area (TPSA) is 112 Å². The van der Waals surface area contributed by atoms with Gasteiger partial charge in [-0.3, -0.25) is 0 Å². The van der Waals surface area contributed by atoms with Crippen LogP contribution >= 0.6 is 0 Å². The SMILES string of the molecule is [CaH2].[O]=[Al][OH].[O]=[Al][OH].[O]=[Al][OH]. The van der Waals surface area contributed by atoms with Crippen LogP contribution in [0.5, 0.6) is 0 Å². The van der Waals surface area contributed by atoms with E-state index < -0.39 is 46.5 Å². The molecule has 0 radical (unpaired) electrons. The predicted octanol–water partition coefficient (Wildman–Crippen LogP) is -4.09. The van der Waals surface area contributed by atoms with E-state index in [0.717, 1.165) is 0 Å². The van der Waals surface area contributed by atoms with Crippen molar-refractivity contribution in [1.29, 1.82) is 0 Å². The van der Waals surface area contributed by atoms with Crippen LogP contribution in [0.2, 0.25) is 0 Å². The number of hydrogen-bond acceptors (Lipinski definition) is 3. The van der Waals surface area contributed by atoms with E-state index in [2.05, 4.69) is 0 Å². The Labute approximate surface area is 106 Å². The van der Waals surface area contributed by atoms with Gasteiger partial charge in [-0.05, 0) is 0 Å². The minimum absolute atomic E-state index is 0. The molecule has 0 fully saturated rings. The van der Waals surface area contributed by atoms with Crippen molar-refractivity contribution in [2.24, 2.45) is 0 Å². The van der Waals surface area contributed by atoms with Gasteiger partial charge in [0.05, 0.1) is 0 Å². The molecular formula is H5Al3CaO6. The normalized spacial score (nSPS) is 2.40. The Hall–Kier alpha value is 1.66. The van der Waals surface area contributed by atoms with Gasteiger partial charge in [-0.15, -0.1) is 0 Å². The van der Waals surface area contributed by atoms with Gasteiger partial charge in [0.15, 0.2) is 0 Å². The maximum absolute atomic E-state index is 8.57. The van der Waals surface area contributed by atoms with Crippen LogP contribution in [0.3, 0.4) is 0 Å². The Kier molecular flexibility index (Phi) is 103. The molecule has 0 amide bonds. The van der Waals surface area contributed by atoms with Crippen LogP contribution in [-0.4, -0.2) is 96.7 Å². The monoisotopic (exact) mass is 222 g/mol. The molecule has 52 valence electrons. The Balaban J connectivity index is -0.0000000257. The second-order valence-corrected chi connectivity index (χ2v) is 0.949. The minimum atomic E-state index is -1.50. The first-order valence-corrected chi connectivity index (χ1v) is 4.45. The molecule has 0 spiro atoms. The molecule has 0 aliphatic heterocycles. The average molecular weight is 222 g/mol. The fourth-order valence-electron chi connectivity index (χ4n) is 0. The fraction of sp³-hybridized carbons (Fsp3) is 0. The van der Waals surface area contributed by atoms with Crippen LogP contribution in [0.15, 0.2) is 0 Å². The summed E-state index contributed by atoms with van der Waals surface area (Å²) in [6, 6.07) is 0. The van der Waals surface area contributed by atoms with Crippen molar-refractivity contribution in [1.82, 2.24) is 0 Å². The third-order valence-electron chi connectivity index (χ3n) is 0. The van der Waals surface area contributed by atoms with Crippen molar-refractivity contribution >= 4 is 84.2 Å². The zero-order chi connectivity index (χ0) is 8.12. The zero-order valence-electron chi connectivity index (χ0n) is 4.30. The van der Waals surface area contributed by atoms with Gasteiger partial charge in [0.1, 0.15) is 0 Å². The summed E-state index contributed by atoms with van der Waals surface area (Å²) in [7, 11) is 0. The van der Waals surface area contributed by atoms with Crippen molar-refractivity contribution < 1.29 is 23.9 Å². The summed E-state index contributed by atoms with van der Waals surface area (Å²) < 4.78 is 47.0. The summed E-state index contributed by atoms with van der Waals surface area (Å²) >= 11 is -4.50. The summed E-state index contributed by atoms with van der Waals surface area (Å²) in [5.41, 5.74) is 0. The molecule has 10 heavy (non-hydrogen) atoms. The molecule has 0 saturated carbocycles. The Bertz CT molecular complexity index is 49.7. The van der Waals surface area contributed by atoms with E-state index in [1.165, 1.54) is 0 Å². The third-order valence-corrected chi connectivity index (χ3v) is 0. The van der Waals surface area contributed by atoms with E-state index in [-0.39, 0.29) is 37.7 Å². The van der Waals surface area contributed by atoms with Gasteiger partial charge in [0.2, 0.25) is 0 Å². The number of rotatable bonds is 0. The van der Waals surface area contributed by atoms with Crippen LogP contribution < -0.4 is 0 Å². The average Bonchev–Trinajstić information content (AvgIpc) is 1.70. The van der Waals surface area contributed by atoms with Crippen LogP contribution in [0.1, 0.15) is 0 Å². The van der Waals surface area contributed by atoms with Crippen LogP contribution in [0.25, 0.3) is 0 Å². The molecule has 0 heterocycles.